The van der Waals surface area contributed by atoms with Gasteiger partial charge in [-0.1, -0.05) is 19.1 Å². The molecule has 0 fully saturated rings. The second kappa shape index (κ2) is 4.60. The molecular formula is C10H14N2O. The van der Waals surface area contributed by atoms with Crippen LogP contribution in [0.25, 0.3) is 0 Å². The fourth-order valence-electron chi connectivity index (χ4n) is 1.02. The molecule has 0 spiro atoms. The molecule has 0 saturated heterocycles. The van der Waals surface area contributed by atoms with Gasteiger partial charge in [-0.3, -0.25) is 9.79 Å². The molecule has 0 aromatic rings. The van der Waals surface area contributed by atoms with E-state index < -0.39 is 0 Å². The summed E-state index contributed by atoms with van der Waals surface area (Å²) in [5.74, 6) is 0.360. The zero-order valence-corrected chi connectivity index (χ0v) is 7.95. The summed E-state index contributed by atoms with van der Waals surface area (Å²) >= 11 is 0. The van der Waals surface area contributed by atoms with Crippen molar-refractivity contribution in [2.75, 3.05) is 7.05 Å². The normalized spacial score (nSPS) is 20.8. The monoisotopic (exact) mass is 178 g/mol. The van der Waals surface area contributed by atoms with Crippen molar-refractivity contribution in [2.24, 2.45) is 10.9 Å². The Morgan fingerprint density at radius 1 is 1.69 bits per heavy atom. The highest BCUT2D eigenvalue weighted by atomic mass is 16.1. The number of nitrogens with one attached hydrogen (secondary N) is 1. The quantitative estimate of drug-likeness (QED) is 0.680. The third kappa shape index (κ3) is 3.23. The van der Waals surface area contributed by atoms with Gasteiger partial charge in [0.05, 0.1) is 6.42 Å². The van der Waals surface area contributed by atoms with Gasteiger partial charge in [0.1, 0.15) is 0 Å². The van der Waals surface area contributed by atoms with Crippen LogP contribution in [0.1, 0.15) is 13.3 Å². The maximum Gasteiger partial charge on any atom is 0.224 e. The summed E-state index contributed by atoms with van der Waals surface area (Å²) in [6, 6.07) is 0. The molecule has 1 aliphatic heterocycles. The number of amides is 1. The van der Waals surface area contributed by atoms with E-state index in [-0.39, 0.29) is 5.91 Å². The lowest BCUT2D eigenvalue weighted by atomic mass is 10.1. The summed E-state index contributed by atoms with van der Waals surface area (Å²) in [6.07, 6.45) is 7.97. The molecule has 1 N–H and O–H groups in total. The molecule has 0 aliphatic carbocycles. The number of rotatable bonds is 2. The molecule has 1 amide bonds. The Bertz CT molecular complexity index is 277. The predicted octanol–water partition coefficient (Wildman–Crippen LogP) is 1.28. The highest BCUT2D eigenvalue weighted by Crippen LogP contribution is 2.09. The second-order valence-corrected chi connectivity index (χ2v) is 3.07. The first-order valence-electron chi connectivity index (χ1n) is 4.33. The van der Waals surface area contributed by atoms with Gasteiger partial charge in [-0.25, -0.2) is 0 Å². The molecule has 70 valence electrons. The first-order valence-corrected chi connectivity index (χ1v) is 4.33. The summed E-state index contributed by atoms with van der Waals surface area (Å²) in [7, 11) is 1.63. The van der Waals surface area contributed by atoms with Gasteiger partial charge in [0, 0.05) is 25.4 Å². The molecule has 13 heavy (non-hydrogen) atoms. The lowest BCUT2D eigenvalue weighted by molar-refractivity contribution is -0.119. The zero-order chi connectivity index (χ0) is 9.68. The van der Waals surface area contributed by atoms with Crippen LogP contribution in [-0.2, 0) is 4.79 Å². The molecule has 3 heteroatoms. The topological polar surface area (TPSA) is 41.5 Å². The average molecular weight is 178 g/mol. The van der Waals surface area contributed by atoms with Gasteiger partial charge >= 0.3 is 0 Å². The van der Waals surface area contributed by atoms with E-state index in [9.17, 15) is 4.79 Å². The molecule has 1 rings (SSSR count). The minimum Gasteiger partial charge on any atom is -0.359 e. The first kappa shape index (κ1) is 9.71. The second-order valence-electron chi connectivity index (χ2n) is 3.07. The number of carbonyl (C=O) groups excluding carboxylic acids is 1. The van der Waals surface area contributed by atoms with Crippen molar-refractivity contribution in [1.29, 1.82) is 0 Å². The predicted molar refractivity (Wildman–Crippen MR) is 53.6 cm³/mol. The average Bonchev–Trinajstić information content (AvgIpc) is 2.31. The Hall–Kier alpha value is -1.38. The van der Waals surface area contributed by atoms with Crippen LogP contribution in [0.3, 0.4) is 0 Å². The Morgan fingerprint density at radius 2 is 2.46 bits per heavy atom. The molecule has 0 aromatic carbocycles. The van der Waals surface area contributed by atoms with Crippen molar-refractivity contribution in [3.05, 3.63) is 23.9 Å². The van der Waals surface area contributed by atoms with Gasteiger partial charge in [0.15, 0.2) is 0 Å². The third-order valence-electron chi connectivity index (χ3n) is 1.82. The smallest absolute Gasteiger partial charge is 0.224 e. The Morgan fingerprint density at radius 3 is 3.15 bits per heavy atom. The van der Waals surface area contributed by atoms with Crippen molar-refractivity contribution in [2.45, 2.75) is 13.3 Å². The van der Waals surface area contributed by atoms with Crippen LogP contribution in [0.15, 0.2) is 28.9 Å². The summed E-state index contributed by atoms with van der Waals surface area (Å²) < 4.78 is 0. The highest BCUT2D eigenvalue weighted by Gasteiger charge is 2.03. The number of nitrogens with zero attached hydrogens (tertiary/aromatic N) is 1. The van der Waals surface area contributed by atoms with Gasteiger partial charge in [0.2, 0.25) is 5.91 Å². The number of aliphatic imine (C=N–C) groups is 1. The van der Waals surface area contributed by atoms with Crippen LogP contribution < -0.4 is 5.32 Å². The van der Waals surface area contributed by atoms with Crippen molar-refractivity contribution in [3.8, 4) is 0 Å². The van der Waals surface area contributed by atoms with Crippen LogP contribution in [-0.4, -0.2) is 19.2 Å². The van der Waals surface area contributed by atoms with Gasteiger partial charge in [-0.2, -0.15) is 0 Å². The molecule has 1 unspecified atom stereocenters. The van der Waals surface area contributed by atoms with E-state index in [1.165, 1.54) is 0 Å². The molecule has 0 bridgehead atoms. The van der Waals surface area contributed by atoms with E-state index in [1.807, 2.05) is 18.4 Å². The SMILES string of the molecule is CNC(=O)CC1=CN=CC(C)C=C1. The Labute approximate surface area is 78.2 Å². The number of hydrogen-bond donors (Lipinski definition) is 1. The summed E-state index contributed by atoms with van der Waals surface area (Å²) in [5.41, 5.74) is 0.944. The minimum absolute atomic E-state index is 0.0145. The van der Waals surface area contributed by atoms with Crippen LogP contribution >= 0.6 is 0 Å². The highest BCUT2D eigenvalue weighted by molar-refractivity contribution is 5.79. The number of hydrogen-bond acceptors (Lipinski definition) is 2. The maximum atomic E-state index is 11.0. The molecule has 0 radical (unpaired) electrons. The molecule has 3 nitrogen and oxygen atoms in total. The lowest BCUT2D eigenvalue weighted by Crippen LogP contribution is -2.17. The number of allylic oxidation sites excluding steroid dienone is 2. The van der Waals surface area contributed by atoms with Crippen molar-refractivity contribution in [1.82, 2.24) is 5.32 Å². The van der Waals surface area contributed by atoms with E-state index in [1.54, 1.807) is 13.2 Å². The van der Waals surface area contributed by atoms with Crippen LogP contribution in [0.2, 0.25) is 0 Å². The summed E-state index contributed by atoms with van der Waals surface area (Å²) in [4.78, 5) is 15.1. The van der Waals surface area contributed by atoms with Gasteiger partial charge < -0.3 is 5.32 Å². The van der Waals surface area contributed by atoms with E-state index in [2.05, 4.69) is 17.2 Å². The third-order valence-corrected chi connectivity index (χ3v) is 1.82. The maximum absolute atomic E-state index is 11.0. The summed E-state index contributed by atoms with van der Waals surface area (Å²) in [6.45, 7) is 2.05. The Balaban J connectivity index is 2.61. The minimum atomic E-state index is 0.0145. The van der Waals surface area contributed by atoms with Crippen LogP contribution in [0.4, 0.5) is 0 Å². The van der Waals surface area contributed by atoms with E-state index in [0.29, 0.717) is 12.3 Å². The van der Waals surface area contributed by atoms with Crippen LogP contribution in [0.5, 0.6) is 0 Å². The standard InChI is InChI=1S/C10H14N2O/c1-8-3-4-9(7-12-6-8)5-10(13)11-2/h3-4,6-8H,5H2,1-2H3,(H,11,13). The van der Waals surface area contributed by atoms with Crippen molar-refractivity contribution < 1.29 is 4.79 Å². The fourth-order valence-corrected chi connectivity index (χ4v) is 1.02. The van der Waals surface area contributed by atoms with Crippen molar-refractivity contribution in [3.63, 3.8) is 0 Å². The van der Waals surface area contributed by atoms with Crippen LogP contribution in [0, 0.1) is 5.92 Å². The largest absolute Gasteiger partial charge is 0.359 e. The molecule has 0 aromatic heterocycles. The van der Waals surface area contributed by atoms with Gasteiger partial charge in [0.25, 0.3) is 0 Å². The molecular weight excluding hydrogens is 164 g/mol. The molecule has 0 saturated carbocycles. The van der Waals surface area contributed by atoms with Gasteiger partial charge in [-0.15, -0.1) is 0 Å². The Kier molecular flexibility index (Phi) is 3.43. The van der Waals surface area contributed by atoms with Gasteiger partial charge in [-0.05, 0) is 5.57 Å². The lowest BCUT2D eigenvalue weighted by Gasteiger charge is -1.98. The molecule has 1 heterocycles. The molecule has 1 atom stereocenters. The van der Waals surface area contributed by atoms with E-state index in [4.69, 9.17) is 0 Å². The van der Waals surface area contributed by atoms with Crippen molar-refractivity contribution >= 4 is 12.1 Å². The van der Waals surface area contributed by atoms with E-state index >= 15 is 0 Å². The van der Waals surface area contributed by atoms with E-state index in [0.717, 1.165) is 5.57 Å². The first-order chi connectivity index (χ1) is 6.22. The fraction of sp³-hybridized carbons (Fsp3) is 0.400. The summed E-state index contributed by atoms with van der Waals surface area (Å²) in [5, 5.41) is 2.58. The number of carbonyl (C=O) groups is 1. The zero-order valence-electron chi connectivity index (χ0n) is 7.95. The molecule has 1 aliphatic rings.